The summed E-state index contributed by atoms with van der Waals surface area (Å²) in [6.07, 6.45) is 40.0. The molecule has 4 N–H and O–H groups in total. The summed E-state index contributed by atoms with van der Waals surface area (Å²) in [5, 5.41) is 23.9. The number of amides is 1. The first-order valence-electron chi connectivity index (χ1n) is 19.9. The van der Waals surface area contributed by atoms with Crippen LogP contribution in [0.4, 0.5) is 0 Å². The quantitative estimate of drug-likeness (QED) is 0.0170. The van der Waals surface area contributed by atoms with Crippen molar-refractivity contribution in [2.75, 3.05) is 40.9 Å². The molecule has 0 saturated carbocycles. The molecule has 300 valence electrons. The number of allylic oxidation sites excluding steroid dienone is 10. The van der Waals surface area contributed by atoms with Crippen molar-refractivity contribution < 1.29 is 38.0 Å². The van der Waals surface area contributed by atoms with Crippen molar-refractivity contribution in [1.82, 2.24) is 5.32 Å². The number of carbonyl (C=O) groups excluding carboxylic acids is 1. The summed E-state index contributed by atoms with van der Waals surface area (Å²) < 4.78 is 23.4. The Morgan fingerprint density at radius 2 is 1.29 bits per heavy atom. The van der Waals surface area contributed by atoms with E-state index in [1.165, 1.54) is 57.8 Å². The Morgan fingerprint density at radius 3 is 2.00 bits per heavy atom. The molecule has 52 heavy (non-hydrogen) atoms. The molecule has 4 atom stereocenters. The van der Waals surface area contributed by atoms with E-state index in [0.717, 1.165) is 32.1 Å². The Bertz CT molecular complexity index is 1090. The fourth-order valence-corrected chi connectivity index (χ4v) is 5.72. The number of phosphoric acid groups is 1. The average Bonchev–Trinajstić information content (AvgIpc) is 3.08. The summed E-state index contributed by atoms with van der Waals surface area (Å²) >= 11 is 0. The topological polar surface area (TPSA) is 125 Å². The fourth-order valence-electron chi connectivity index (χ4n) is 4.98. The zero-order valence-corrected chi connectivity index (χ0v) is 34.3. The fraction of sp³-hybridized carbons (Fsp3) is 0.690. The number of rotatable bonds is 34. The van der Waals surface area contributed by atoms with Crippen LogP contribution in [0, 0.1) is 0 Å². The first-order chi connectivity index (χ1) is 24.9. The number of phosphoric ester groups is 1. The van der Waals surface area contributed by atoms with Crippen LogP contribution in [0.15, 0.2) is 72.9 Å². The number of unbranched alkanes of at least 4 members (excludes halogenated alkanes) is 10. The van der Waals surface area contributed by atoms with Crippen molar-refractivity contribution in [3.05, 3.63) is 72.9 Å². The number of nitrogens with one attached hydrogen (secondary N) is 1. The van der Waals surface area contributed by atoms with E-state index in [0.29, 0.717) is 30.3 Å². The van der Waals surface area contributed by atoms with Gasteiger partial charge in [-0.3, -0.25) is 13.8 Å². The molecular weight excluding hydrogens is 675 g/mol. The molecular formula is C42H76N2O7P+. The molecule has 0 aromatic rings. The smallest absolute Gasteiger partial charge is 0.389 e. The van der Waals surface area contributed by atoms with Crippen LogP contribution in [-0.4, -0.2) is 84.6 Å². The van der Waals surface area contributed by atoms with Crippen molar-refractivity contribution >= 4 is 13.7 Å². The van der Waals surface area contributed by atoms with Gasteiger partial charge in [0, 0.05) is 6.42 Å². The van der Waals surface area contributed by atoms with E-state index in [2.05, 4.69) is 55.6 Å². The summed E-state index contributed by atoms with van der Waals surface area (Å²) in [6, 6.07) is -0.958. The molecule has 0 radical (unpaired) electrons. The Kier molecular flexibility index (Phi) is 32.1. The number of hydrogen-bond donors (Lipinski definition) is 4. The zero-order valence-electron chi connectivity index (χ0n) is 33.4. The molecule has 0 spiro atoms. The van der Waals surface area contributed by atoms with E-state index in [4.69, 9.17) is 9.05 Å². The molecule has 0 aliphatic carbocycles. The number of aliphatic hydroxyl groups excluding tert-OH is 2. The van der Waals surface area contributed by atoms with Gasteiger partial charge in [-0.15, -0.1) is 0 Å². The molecule has 1 unspecified atom stereocenters. The third-order valence-corrected chi connectivity index (χ3v) is 9.24. The Balaban J connectivity index is 4.79. The molecule has 0 rings (SSSR count). The number of hydrogen-bond acceptors (Lipinski definition) is 6. The second-order valence-electron chi connectivity index (χ2n) is 14.5. The van der Waals surface area contributed by atoms with Crippen molar-refractivity contribution in [3.63, 3.8) is 0 Å². The maximum atomic E-state index is 12.8. The summed E-state index contributed by atoms with van der Waals surface area (Å²) in [4.78, 5) is 23.0. The number of quaternary nitrogens is 1. The molecule has 0 aromatic carbocycles. The van der Waals surface area contributed by atoms with Crippen molar-refractivity contribution in [1.29, 1.82) is 0 Å². The Hall–Kier alpha value is -2.10. The number of aliphatic hydroxyl groups is 2. The van der Waals surface area contributed by atoms with E-state index >= 15 is 0 Å². The minimum absolute atomic E-state index is 0.0177. The molecule has 10 heteroatoms. The van der Waals surface area contributed by atoms with Gasteiger partial charge >= 0.3 is 7.82 Å². The third-order valence-electron chi connectivity index (χ3n) is 8.25. The van der Waals surface area contributed by atoms with E-state index in [9.17, 15) is 24.5 Å². The van der Waals surface area contributed by atoms with Crippen LogP contribution in [-0.2, 0) is 18.4 Å². The molecule has 0 aromatic heterocycles. The van der Waals surface area contributed by atoms with Gasteiger partial charge in [-0.2, -0.15) is 0 Å². The van der Waals surface area contributed by atoms with E-state index in [1.54, 1.807) is 12.2 Å². The van der Waals surface area contributed by atoms with Crippen LogP contribution in [0.3, 0.4) is 0 Å². The third kappa shape index (κ3) is 35.0. The number of carbonyl (C=O) groups is 1. The SMILES string of the molecule is CCCCC/C=C\C/C=C\C/C=C\C=C\[C@H](O)CCCC(=O)N[C@@H](COP(=O)(O)OCC[N+](C)(C)C)[C@H](O)/C=C/CC/C=C\CCCCCCCC. The van der Waals surface area contributed by atoms with Gasteiger partial charge in [-0.05, 0) is 64.2 Å². The molecule has 0 fully saturated rings. The first-order valence-corrected chi connectivity index (χ1v) is 21.4. The Morgan fingerprint density at radius 1 is 0.712 bits per heavy atom. The van der Waals surface area contributed by atoms with Gasteiger partial charge in [0.2, 0.25) is 5.91 Å². The monoisotopic (exact) mass is 752 g/mol. The number of nitrogens with zero attached hydrogens (tertiary/aromatic N) is 1. The van der Waals surface area contributed by atoms with Crippen LogP contribution in [0.25, 0.3) is 0 Å². The van der Waals surface area contributed by atoms with Gasteiger partial charge in [0.1, 0.15) is 13.2 Å². The highest BCUT2D eigenvalue weighted by molar-refractivity contribution is 7.47. The van der Waals surface area contributed by atoms with Gasteiger partial charge < -0.3 is 24.9 Å². The van der Waals surface area contributed by atoms with Gasteiger partial charge in [-0.25, -0.2) is 4.57 Å². The lowest BCUT2D eigenvalue weighted by Gasteiger charge is -2.25. The van der Waals surface area contributed by atoms with E-state index in [1.807, 2.05) is 45.4 Å². The summed E-state index contributed by atoms with van der Waals surface area (Å²) in [5.74, 6) is -0.351. The van der Waals surface area contributed by atoms with Gasteiger partial charge in [-0.1, -0.05) is 132 Å². The predicted octanol–water partition coefficient (Wildman–Crippen LogP) is 9.43. The van der Waals surface area contributed by atoms with Crippen molar-refractivity contribution in [2.45, 2.75) is 148 Å². The first kappa shape index (κ1) is 49.9. The molecule has 0 heterocycles. The van der Waals surface area contributed by atoms with E-state index in [-0.39, 0.29) is 18.9 Å². The predicted molar refractivity (Wildman–Crippen MR) is 218 cm³/mol. The maximum Gasteiger partial charge on any atom is 0.472 e. The molecule has 0 aliphatic rings. The summed E-state index contributed by atoms with van der Waals surface area (Å²) in [6.45, 7) is 4.55. The van der Waals surface area contributed by atoms with Gasteiger partial charge in [0.05, 0.1) is 46.0 Å². The molecule has 0 aliphatic heterocycles. The highest BCUT2D eigenvalue weighted by Crippen LogP contribution is 2.43. The lowest BCUT2D eigenvalue weighted by molar-refractivity contribution is -0.870. The minimum atomic E-state index is -4.40. The molecule has 1 amide bonds. The Labute approximate surface area is 317 Å². The van der Waals surface area contributed by atoms with Gasteiger partial charge in [0.15, 0.2) is 0 Å². The summed E-state index contributed by atoms with van der Waals surface area (Å²) in [7, 11) is 1.42. The normalized spacial score (nSPS) is 15.9. The maximum absolute atomic E-state index is 12.8. The van der Waals surface area contributed by atoms with Crippen LogP contribution in [0.1, 0.15) is 129 Å². The number of likely N-dealkylation sites (N-methyl/N-ethyl adjacent to an activating group) is 1. The van der Waals surface area contributed by atoms with Crippen LogP contribution in [0.5, 0.6) is 0 Å². The molecule has 0 bridgehead atoms. The average molecular weight is 752 g/mol. The van der Waals surface area contributed by atoms with Crippen molar-refractivity contribution in [3.8, 4) is 0 Å². The standard InChI is InChI=1S/C42H75N2O7P/c1-6-8-10-12-14-16-18-20-21-23-25-27-29-32-39(45)33-31-35-42(47)43-40(38-51-52(48,49)50-37-36-44(3,4)5)41(46)34-30-28-26-24-22-19-17-15-13-11-9-7-2/h14,16,20-22,24-25,27,29-30,32,34,39-41,45-46H,6-13,15,17-19,23,26,28,31,33,35-38H2,1-5H3,(H-,43,47,48,49)/p+1/b16-14-,21-20-,24-22-,27-25-,32-29+,34-30+/t39-,40-,41+/m0/s1. The highest BCUT2D eigenvalue weighted by atomic mass is 31.2. The van der Waals surface area contributed by atoms with Crippen LogP contribution in [0.2, 0.25) is 0 Å². The minimum Gasteiger partial charge on any atom is -0.389 e. The summed E-state index contributed by atoms with van der Waals surface area (Å²) in [5.41, 5.74) is 0. The second kappa shape index (κ2) is 33.5. The zero-order chi connectivity index (χ0) is 38.8. The molecule has 0 saturated heterocycles. The lowest BCUT2D eigenvalue weighted by atomic mass is 10.1. The highest BCUT2D eigenvalue weighted by Gasteiger charge is 2.27. The van der Waals surface area contributed by atoms with Crippen LogP contribution >= 0.6 is 7.82 Å². The van der Waals surface area contributed by atoms with Gasteiger partial charge in [0.25, 0.3) is 0 Å². The van der Waals surface area contributed by atoms with E-state index < -0.39 is 32.7 Å². The largest absolute Gasteiger partial charge is 0.472 e. The second-order valence-corrected chi connectivity index (χ2v) is 15.9. The van der Waals surface area contributed by atoms with Crippen LogP contribution < -0.4 is 5.32 Å². The lowest BCUT2D eigenvalue weighted by Crippen LogP contribution is -2.45. The molecule has 9 nitrogen and oxygen atoms in total. The van der Waals surface area contributed by atoms with Crippen molar-refractivity contribution in [2.24, 2.45) is 0 Å².